The first-order valence-corrected chi connectivity index (χ1v) is 11.8. The van der Waals surface area contributed by atoms with E-state index in [1.54, 1.807) is 0 Å². The van der Waals surface area contributed by atoms with Crippen LogP contribution in [-0.4, -0.2) is 10.6 Å². The van der Waals surface area contributed by atoms with Gasteiger partial charge in [0.05, 0.1) is 0 Å². The second-order valence-electron chi connectivity index (χ2n) is 4.13. The fourth-order valence-electron chi connectivity index (χ4n) is 2.22. The molecule has 2 rings (SSSR count). The van der Waals surface area contributed by atoms with Crippen molar-refractivity contribution in [1.82, 2.24) is 4.98 Å². The van der Waals surface area contributed by atoms with E-state index < -0.39 is 0 Å². The molecule has 0 saturated heterocycles. The molecule has 0 bridgehead atoms. The Morgan fingerprint density at radius 2 is 2.27 bits per heavy atom. The zero-order valence-corrected chi connectivity index (χ0v) is 13.1. The summed E-state index contributed by atoms with van der Waals surface area (Å²) in [4.78, 5) is 4.22. The lowest BCUT2D eigenvalue weighted by Gasteiger charge is -2.34. The molecule has 0 aromatic carbocycles. The van der Waals surface area contributed by atoms with Crippen molar-refractivity contribution in [3.05, 3.63) is 29.6 Å². The number of pyridine rings is 1. The molecule has 1 aromatic heterocycles. The van der Waals surface area contributed by atoms with Crippen molar-refractivity contribution in [1.29, 1.82) is 0 Å². The minimum Gasteiger partial charge on any atom is -0.264 e. The van der Waals surface area contributed by atoms with Gasteiger partial charge in [0.15, 0.2) is 0 Å². The second-order valence-corrected chi connectivity index (χ2v) is 13.7. The molecule has 1 aromatic rings. The highest BCUT2D eigenvalue weighted by Crippen LogP contribution is 2.71. The molecule has 0 saturated carbocycles. The summed E-state index contributed by atoms with van der Waals surface area (Å²) in [5, 5.41) is 0. The standard InChI is InChI=1S/C10H17NP4/c1-7-4-9-6-11-3-2-8(9)5-10(7)15(13)14-12/h2-3,6-7,10,14H,4-5,12-13H2,1H3/t7-,10+,15?/m0/s1. The van der Waals surface area contributed by atoms with Gasteiger partial charge in [0, 0.05) is 12.4 Å². The van der Waals surface area contributed by atoms with Crippen molar-refractivity contribution in [3.8, 4) is 0 Å². The molecule has 82 valence electrons. The molecule has 1 aliphatic carbocycles. The number of hydrogen-bond donors (Lipinski definition) is 0. The Morgan fingerprint density at radius 3 is 3.00 bits per heavy atom. The zero-order valence-electron chi connectivity index (χ0n) is 8.85. The van der Waals surface area contributed by atoms with E-state index in [1.165, 1.54) is 24.0 Å². The van der Waals surface area contributed by atoms with E-state index in [2.05, 4.69) is 42.0 Å². The second kappa shape index (κ2) is 5.47. The van der Waals surface area contributed by atoms with E-state index in [0.717, 1.165) is 19.5 Å². The summed E-state index contributed by atoms with van der Waals surface area (Å²) in [6, 6.07) is 2.20. The van der Waals surface area contributed by atoms with Gasteiger partial charge in [-0.2, -0.15) is 0 Å². The maximum atomic E-state index is 4.22. The van der Waals surface area contributed by atoms with Crippen LogP contribution in [0.15, 0.2) is 18.5 Å². The number of fused-ring (bicyclic) bond motifs is 1. The molecule has 1 aliphatic rings. The first kappa shape index (κ1) is 12.3. The molecule has 1 heterocycles. The number of rotatable bonds is 2. The highest BCUT2D eigenvalue weighted by molar-refractivity contribution is 8.61. The van der Waals surface area contributed by atoms with E-state index in [0.29, 0.717) is 0 Å². The normalized spacial score (nSPS) is 27.9. The minimum absolute atomic E-state index is 0.127. The van der Waals surface area contributed by atoms with Crippen molar-refractivity contribution in [2.45, 2.75) is 25.4 Å². The molecular formula is C10H17NP4. The first-order chi connectivity index (χ1) is 7.22. The Hall–Kier alpha value is 0.870. The van der Waals surface area contributed by atoms with Gasteiger partial charge >= 0.3 is 0 Å². The van der Waals surface area contributed by atoms with Crippen molar-refractivity contribution < 1.29 is 0 Å². The predicted octanol–water partition coefficient (Wildman–Crippen LogP) is 3.84. The van der Waals surface area contributed by atoms with Crippen LogP contribution in [0.5, 0.6) is 0 Å². The van der Waals surface area contributed by atoms with Gasteiger partial charge in [0.25, 0.3) is 0 Å². The SMILES string of the molecule is C[C@H]1Cc2cnccc2C[C@H]1P(P)PP. The molecule has 5 heteroatoms. The van der Waals surface area contributed by atoms with Crippen molar-refractivity contribution in [2.24, 2.45) is 5.92 Å². The lowest BCUT2D eigenvalue weighted by atomic mass is 9.86. The Bertz CT molecular complexity index is 344. The van der Waals surface area contributed by atoms with Gasteiger partial charge in [-0.3, -0.25) is 4.98 Å². The molecule has 1 nitrogen and oxygen atoms in total. The van der Waals surface area contributed by atoms with Gasteiger partial charge in [-0.05, 0) is 41.6 Å². The van der Waals surface area contributed by atoms with Crippen molar-refractivity contribution >= 4 is 33.1 Å². The third-order valence-electron chi connectivity index (χ3n) is 3.14. The van der Waals surface area contributed by atoms with Crippen LogP contribution in [0, 0.1) is 5.92 Å². The smallest absolute Gasteiger partial charge is 0.0302 e. The molecule has 4 unspecified atom stereocenters. The van der Waals surface area contributed by atoms with E-state index in [1.807, 2.05) is 6.20 Å². The predicted molar refractivity (Wildman–Crippen MR) is 79.3 cm³/mol. The van der Waals surface area contributed by atoms with E-state index >= 15 is 0 Å². The molecule has 0 radical (unpaired) electrons. The molecule has 6 atom stereocenters. The van der Waals surface area contributed by atoms with E-state index in [-0.39, 0.29) is 7.30 Å². The summed E-state index contributed by atoms with van der Waals surface area (Å²) in [7, 11) is 7.14. The fraction of sp³-hybridized carbons (Fsp3) is 0.500. The summed E-state index contributed by atoms with van der Waals surface area (Å²) in [6.07, 6.45) is 6.46. The molecule has 0 N–H and O–H groups in total. The fourth-order valence-corrected chi connectivity index (χ4v) is 7.99. The Labute approximate surface area is 99.2 Å². The molecular weight excluding hydrogens is 258 g/mol. The van der Waals surface area contributed by atoms with Crippen LogP contribution >= 0.6 is 33.1 Å². The lowest BCUT2D eigenvalue weighted by molar-refractivity contribution is 0.513. The average molecular weight is 275 g/mol. The third kappa shape index (κ3) is 2.76. The minimum atomic E-state index is 0.127. The van der Waals surface area contributed by atoms with Gasteiger partial charge in [-0.25, -0.2) is 0 Å². The Balaban J connectivity index is 2.22. The molecule has 15 heavy (non-hydrogen) atoms. The summed E-state index contributed by atoms with van der Waals surface area (Å²) >= 11 is 0. The van der Waals surface area contributed by atoms with E-state index in [4.69, 9.17) is 0 Å². The molecule has 0 fully saturated rings. The van der Waals surface area contributed by atoms with Crippen LogP contribution < -0.4 is 0 Å². The Kier molecular flexibility index (Phi) is 4.50. The topological polar surface area (TPSA) is 12.9 Å². The van der Waals surface area contributed by atoms with Crippen molar-refractivity contribution in [2.75, 3.05) is 0 Å². The van der Waals surface area contributed by atoms with Crippen LogP contribution in [0.1, 0.15) is 18.1 Å². The Morgan fingerprint density at radius 1 is 1.47 bits per heavy atom. The summed E-state index contributed by atoms with van der Waals surface area (Å²) in [5.74, 6) is 0.818. The van der Waals surface area contributed by atoms with Crippen LogP contribution in [0.25, 0.3) is 0 Å². The van der Waals surface area contributed by atoms with E-state index in [9.17, 15) is 0 Å². The number of hydrogen-bond acceptors (Lipinski definition) is 1. The van der Waals surface area contributed by atoms with Crippen LogP contribution in [0.2, 0.25) is 0 Å². The number of nitrogens with zero attached hydrogens (tertiary/aromatic N) is 1. The van der Waals surface area contributed by atoms with Crippen LogP contribution in [0.3, 0.4) is 0 Å². The monoisotopic (exact) mass is 275 g/mol. The molecule has 0 amide bonds. The van der Waals surface area contributed by atoms with Crippen molar-refractivity contribution in [3.63, 3.8) is 0 Å². The van der Waals surface area contributed by atoms with Crippen LogP contribution in [0.4, 0.5) is 0 Å². The summed E-state index contributed by atoms with van der Waals surface area (Å²) < 4.78 is 0. The first-order valence-electron chi connectivity index (χ1n) is 5.14. The number of aromatic nitrogens is 1. The van der Waals surface area contributed by atoms with Gasteiger partial charge in [0.2, 0.25) is 0 Å². The maximum Gasteiger partial charge on any atom is 0.0302 e. The zero-order chi connectivity index (χ0) is 10.8. The van der Waals surface area contributed by atoms with Gasteiger partial charge < -0.3 is 0 Å². The molecule has 0 spiro atoms. The van der Waals surface area contributed by atoms with Gasteiger partial charge in [0.1, 0.15) is 0 Å². The lowest BCUT2D eigenvalue weighted by Crippen LogP contribution is -2.25. The largest absolute Gasteiger partial charge is 0.264 e. The highest BCUT2D eigenvalue weighted by Gasteiger charge is 2.28. The average Bonchev–Trinajstić information content (AvgIpc) is 2.27. The maximum absolute atomic E-state index is 4.22. The van der Waals surface area contributed by atoms with Gasteiger partial charge in [-0.1, -0.05) is 22.2 Å². The third-order valence-corrected chi connectivity index (χ3v) is 14.6. The van der Waals surface area contributed by atoms with Crippen LogP contribution in [-0.2, 0) is 12.8 Å². The summed E-state index contributed by atoms with van der Waals surface area (Å²) in [6.45, 7) is 2.39. The van der Waals surface area contributed by atoms with Gasteiger partial charge in [-0.15, -0.1) is 17.9 Å². The quantitative estimate of drug-likeness (QED) is 0.747. The summed E-state index contributed by atoms with van der Waals surface area (Å²) in [5.41, 5.74) is 3.89. The molecule has 0 aliphatic heterocycles. The highest BCUT2D eigenvalue weighted by atomic mass is 32.6.